The van der Waals surface area contributed by atoms with Crippen LogP contribution >= 0.6 is 0 Å². The lowest BCUT2D eigenvalue weighted by atomic mass is 9.91. The number of nitrogens with zero attached hydrogens (tertiary/aromatic N) is 4. The lowest BCUT2D eigenvalue weighted by molar-refractivity contribution is -0.134. The van der Waals surface area contributed by atoms with Crippen LogP contribution < -0.4 is 0 Å². The second-order valence-electron chi connectivity index (χ2n) is 6.45. The number of benzene rings is 1. The van der Waals surface area contributed by atoms with Crippen molar-refractivity contribution in [2.75, 3.05) is 6.54 Å². The van der Waals surface area contributed by atoms with Gasteiger partial charge in [-0.25, -0.2) is 4.68 Å². The average molecular weight is 272 g/mol. The average Bonchev–Trinajstić information content (AvgIpc) is 2.97. The summed E-state index contributed by atoms with van der Waals surface area (Å²) in [6, 6.07) is 7.89. The van der Waals surface area contributed by atoms with Crippen LogP contribution in [-0.4, -0.2) is 32.3 Å². The van der Waals surface area contributed by atoms with Crippen LogP contribution in [0.1, 0.15) is 39.8 Å². The van der Waals surface area contributed by atoms with Crippen molar-refractivity contribution in [2.24, 2.45) is 5.41 Å². The number of aromatic nitrogens is 3. The lowest BCUT2D eigenvalue weighted by Gasteiger charge is -2.37. The first kappa shape index (κ1) is 13.1. The van der Waals surface area contributed by atoms with E-state index in [-0.39, 0.29) is 17.5 Å². The minimum absolute atomic E-state index is 0.0927. The summed E-state index contributed by atoms with van der Waals surface area (Å²) in [5.41, 5.74) is 1.75. The van der Waals surface area contributed by atoms with Crippen molar-refractivity contribution in [1.82, 2.24) is 19.9 Å². The number of rotatable bonds is 2. The Morgan fingerprint density at radius 1 is 1.25 bits per heavy atom. The molecule has 5 heteroatoms. The van der Waals surface area contributed by atoms with Crippen molar-refractivity contribution in [2.45, 2.75) is 39.8 Å². The molecule has 2 heterocycles. The van der Waals surface area contributed by atoms with Crippen LogP contribution in [0.2, 0.25) is 0 Å². The van der Waals surface area contributed by atoms with Crippen molar-refractivity contribution in [3.63, 3.8) is 0 Å². The van der Waals surface area contributed by atoms with Gasteiger partial charge in [-0.2, -0.15) is 0 Å². The molecule has 1 aliphatic heterocycles. The maximum Gasteiger partial charge on any atom is 0.224 e. The molecule has 1 unspecified atom stereocenters. The molecule has 20 heavy (non-hydrogen) atoms. The molecule has 0 N–H and O–H groups in total. The molecule has 3 rings (SSSR count). The highest BCUT2D eigenvalue weighted by atomic mass is 16.2. The first-order chi connectivity index (χ1) is 9.48. The summed E-state index contributed by atoms with van der Waals surface area (Å²) in [5.74, 6) is 0.213. The van der Waals surface area contributed by atoms with Crippen molar-refractivity contribution in [1.29, 1.82) is 0 Å². The van der Waals surface area contributed by atoms with E-state index in [2.05, 4.69) is 31.1 Å². The van der Waals surface area contributed by atoms with Gasteiger partial charge in [-0.3, -0.25) is 4.79 Å². The van der Waals surface area contributed by atoms with Gasteiger partial charge in [-0.05, 0) is 18.6 Å². The Kier molecular flexibility index (Phi) is 3.00. The summed E-state index contributed by atoms with van der Waals surface area (Å²) in [6.07, 6.45) is 1.47. The number of hydrogen-bond acceptors (Lipinski definition) is 3. The molecular formula is C15H20N4O. The molecule has 1 aromatic carbocycles. The first-order valence-corrected chi connectivity index (χ1v) is 7.08. The number of hydrogen-bond donors (Lipinski definition) is 0. The zero-order valence-corrected chi connectivity index (χ0v) is 12.2. The molecule has 1 aliphatic rings. The van der Waals surface area contributed by atoms with E-state index in [9.17, 15) is 4.79 Å². The molecular weight excluding hydrogens is 252 g/mol. The highest BCUT2D eigenvalue weighted by molar-refractivity contribution is 5.79. The molecule has 0 bridgehead atoms. The highest BCUT2D eigenvalue weighted by Gasteiger charge is 2.38. The molecule has 5 nitrogen and oxygen atoms in total. The van der Waals surface area contributed by atoms with Gasteiger partial charge in [0.2, 0.25) is 5.91 Å². The van der Waals surface area contributed by atoms with Crippen LogP contribution in [0.3, 0.4) is 0 Å². The standard InChI is InChI=1S/C15H20N4O/c1-15(2,3)14(18-10-6-9-13(18)20)19-12-8-5-4-7-11(12)16-17-19/h4-5,7-8,14H,6,9-10H2,1-3H3. The number of likely N-dealkylation sites (tertiary alicyclic amines) is 1. The second kappa shape index (κ2) is 4.58. The van der Waals surface area contributed by atoms with Crippen molar-refractivity contribution < 1.29 is 4.79 Å². The molecule has 2 aromatic rings. The fourth-order valence-electron chi connectivity index (χ4n) is 2.96. The summed E-state index contributed by atoms with van der Waals surface area (Å²) in [7, 11) is 0. The quantitative estimate of drug-likeness (QED) is 0.844. The third kappa shape index (κ3) is 2.07. The van der Waals surface area contributed by atoms with E-state index < -0.39 is 0 Å². The van der Waals surface area contributed by atoms with E-state index >= 15 is 0 Å². The van der Waals surface area contributed by atoms with E-state index in [1.165, 1.54) is 0 Å². The molecule has 106 valence electrons. The van der Waals surface area contributed by atoms with E-state index in [0.29, 0.717) is 6.42 Å². The van der Waals surface area contributed by atoms with E-state index in [1.54, 1.807) is 0 Å². The molecule has 0 radical (unpaired) electrons. The Labute approximate surface area is 118 Å². The topological polar surface area (TPSA) is 51.0 Å². The van der Waals surface area contributed by atoms with Gasteiger partial charge in [-0.15, -0.1) is 5.10 Å². The van der Waals surface area contributed by atoms with E-state index in [0.717, 1.165) is 24.0 Å². The number of carbonyl (C=O) groups is 1. The predicted molar refractivity (Wildman–Crippen MR) is 77.0 cm³/mol. The van der Waals surface area contributed by atoms with Gasteiger partial charge in [0.15, 0.2) is 0 Å². The number of fused-ring (bicyclic) bond motifs is 1. The lowest BCUT2D eigenvalue weighted by Crippen LogP contribution is -2.42. The summed E-state index contributed by atoms with van der Waals surface area (Å²) < 4.78 is 1.90. The smallest absolute Gasteiger partial charge is 0.224 e. The zero-order chi connectivity index (χ0) is 14.3. The highest BCUT2D eigenvalue weighted by Crippen LogP contribution is 2.37. The fraction of sp³-hybridized carbons (Fsp3) is 0.533. The van der Waals surface area contributed by atoms with Gasteiger partial charge in [-0.1, -0.05) is 38.1 Å². The van der Waals surface area contributed by atoms with Crippen molar-refractivity contribution >= 4 is 16.9 Å². The molecule has 0 aliphatic carbocycles. The molecule has 1 amide bonds. The minimum Gasteiger partial charge on any atom is -0.320 e. The van der Waals surface area contributed by atoms with Crippen LogP contribution in [-0.2, 0) is 4.79 Å². The second-order valence-corrected chi connectivity index (χ2v) is 6.45. The van der Waals surface area contributed by atoms with Gasteiger partial charge in [0.1, 0.15) is 11.7 Å². The van der Waals surface area contributed by atoms with Crippen molar-refractivity contribution in [3.8, 4) is 0 Å². The first-order valence-electron chi connectivity index (χ1n) is 7.08. The summed E-state index contributed by atoms with van der Waals surface area (Å²) in [5, 5.41) is 8.54. The van der Waals surface area contributed by atoms with E-state index in [1.807, 2.05) is 33.8 Å². The Morgan fingerprint density at radius 3 is 2.65 bits per heavy atom. The van der Waals surface area contributed by atoms with Gasteiger partial charge in [0.05, 0.1) is 5.52 Å². The van der Waals surface area contributed by atoms with Gasteiger partial charge < -0.3 is 4.90 Å². The fourth-order valence-corrected chi connectivity index (χ4v) is 2.96. The summed E-state index contributed by atoms with van der Waals surface area (Å²) in [4.78, 5) is 14.1. The molecule has 0 saturated carbocycles. The predicted octanol–water partition coefficient (Wildman–Crippen LogP) is 2.60. The Hall–Kier alpha value is -1.91. The third-order valence-electron chi connectivity index (χ3n) is 3.79. The van der Waals surface area contributed by atoms with E-state index in [4.69, 9.17) is 0 Å². The van der Waals surface area contributed by atoms with Crippen LogP contribution in [0, 0.1) is 5.41 Å². The van der Waals surface area contributed by atoms with Gasteiger partial charge in [0, 0.05) is 18.4 Å². The summed E-state index contributed by atoms with van der Waals surface area (Å²) >= 11 is 0. The Morgan fingerprint density at radius 2 is 2.00 bits per heavy atom. The molecule has 1 fully saturated rings. The monoisotopic (exact) mass is 272 g/mol. The minimum atomic E-state index is -0.101. The molecule has 1 atom stereocenters. The largest absolute Gasteiger partial charge is 0.320 e. The molecule has 1 aromatic heterocycles. The van der Waals surface area contributed by atoms with Crippen LogP contribution in [0.25, 0.3) is 11.0 Å². The Balaban J connectivity index is 2.12. The van der Waals surface area contributed by atoms with Gasteiger partial charge >= 0.3 is 0 Å². The third-order valence-corrected chi connectivity index (χ3v) is 3.79. The number of para-hydroxylation sites is 1. The summed E-state index contributed by atoms with van der Waals surface area (Å²) in [6.45, 7) is 7.22. The van der Waals surface area contributed by atoms with Crippen LogP contribution in [0.4, 0.5) is 0 Å². The van der Waals surface area contributed by atoms with Gasteiger partial charge in [0.25, 0.3) is 0 Å². The van der Waals surface area contributed by atoms with Crippen LogP contribution in [0.15, 0.2) is 24.3 Å². The SMILES string of the molecule is CC(C)(C)C(N1CCCC1=O)n1nnc2ccccc21. The Bertz CT molecular complexity index is 641. The zero-order valence-electron chi connectivity index (χ0n) is 12.2. The maximum atomic E-state index is 12.2. The molecule has 0 spiro atoms. The maximum absolute atomic E-state index is 12.2. The number of amides is 1. The van der Waals surface area contributed by atoms with Crippen molar-refractivity contribution in [3.05, 3.63) is 24.3 Å². The number of carbonyl (C=O) groups excluding carboxylic acids is 1. The normalized spacial score (nSPS) is 17.9. The van der Waals surface area contributed by atoms with Crippen LogP contribution in [0.5, 0.6) is 0 Å². The molecule has 1 saturated heterocycles.